The topological polar surface area (TPSA) is 61.4 Å². The van der Waals surface area contributed by atoms with Crippen LogP contribution in [0.4, 0.5) is 19.1 Å². The van der Waals surface area contributed by atoms with Crippen LogP contribution in [-0.4, -0.2) is 60.0 Å². The molecule has 0 spiro atoms. The van der Waals surface area contributed by atoms with Crippen LogP contribution in [0.5, 0.6) is 0 Å². The zero-order chi connectivity index (χ0) is 18.3. The molecule has 0 saturated carbocycles. The predicted octanol–water partition coefficient (Wildman–Crippen LogP) is 1.92. The summed E-state index contributed by atoms with van der Waals surface area (Å²) in [5, 5.41) is 3.26. The van der Waals surface area contributed by atoms with E-state index < -0.39 is 11.7 Å². The number of hydrogen-bond donors (Lipinski definition) is 1. The van der Waals surface area contributed by atoms with E-state index in [0.717, 1.165) is 38.3 Å². The largest absolute Gasteiger partial charge is 0.419 e. The third-order valence-corrected chi connectivity index (χ3v) is 4.05. The number of nitrogens with zero attached hydrogens (tertiary/aromatic N) is 4. The molecule has 0 bridgehead atoms. The van der Waals surface area contributed by atoms with E-state index in [4.69, 9.17) is 0 Å². The van der Waals surface area contributed by atoms with Crippen molar-refractivity contribution in [2.75, 3.05) is 44.2 Å². The van der Waals surface area contributed by atoms with Gasteiger partial charge in [-0.25, -0.2) is 9.97 Å². The van der Waals surface area contributed by atoms with Gasteiger partial charge in [-0.15, -0.1) is 0 Å². The number of anilines is 1. The smallest absolute Gasteiger partial charge is 0.339 e. The number of carbonyl (C=O) groups is 1. The average molecular weight is 359 g/mol. The molecule has 1 saturated heterocycles. The van der Waals surface area contributed by atoms with Crippen LogP contribution in [0, 0.1) is 0 Å². The summed E-state index contributed by atoms with van der Waals surface area (Å²) in [6.07, 6.45) is -0.460. The van der Waals surface area contributed by atoms with Crippen LogP contribution in [-0.2, 0) is 11.0 Å². The normalized spacial score (nSPS) is 15.5. The molecule has 1 aromatic rings. The molecular weight excluding hydrogens is 335 g/mol. The van der Waals surface area contributed by atoms with E-state index in [1.54, 1.807) is 9.80 Å². The van der Waals surface area contributed by atoms with Gasteiger partial charge in [0.25, 0.3) is 0 Å². The van der Waals surface area contributed by atoms with Crippen LogP contribution in [0.1, 0.15) is 31.7 Å². The number of aromatic nitrogens is 2. The maximum atomic E-state index is 12.5. The maximum absolute atomic E-state index is 12.5. The van der Waals surface area contributed by atoms with Crippen LogP contribution in [0.2, 0.25) is 0 Å². The fourth-order valence-electron chi connectivity index (χ4n) is 2.61. The number of alkyl halides is 3. The summed E-state index contributed by atoms with van der Waals surface area (Å²) in [5.74, 6) is 0.384. The van der Waals surface area contributed by atoms with Crippen molar-refractivity contribution in [1.29, 1.82) is 0 Å². The monoisotopic (exact) mass is 359 g/mol. The highest BCUT2D eigenvalue weighted by atomic mass is 19.4. The molecule has 0 radical (unpaired) electrons. The molecule has 1 aromatic heterocycles. The SMILES string of the molecule is CCCNCCCC(=O)N1CCN(c2ncc(C(F)(F)F)cn2)CC1. The number of amides is 1. The van der Waals surface area contributed by atoms with Crippen LogP contribution in [0.3, 0.4) is 0 Å². The molecule has 0 aromatic carbocycles. The molecule has 0 atom stereocenters. The number of hydrogen-bond acceptors (Lipinski definition) is 5. The van der Waals surface area contributed by atoms with Crippen molar-refractivity contribution in [3.8, 4) is 0 Å². The first-order valence-electron chi connectivity index (χ1n) is 8.54. The molecule has 1 N–H and O–H groups in total. The Hall–Kier alpha value is -1.90. The van der Waals surface area contributed by atoms with Crippen molar-refractivity contribution < 1.29 is 18.0 Å². The Labute approximate surface area is 145 Å². The molecule has 25 heavy (non-hydrogen) atoms. The van der Waals surface area contributed by atoms with E-state index in [1.165, 1.54) is 0 Å². The molecule has 1 fully saturated rings. The van der Waals surface area contributed by atoms with Gasteiger partial charge in [-0.05, 0) is 25.9 Å². The van der Waals surface area contributed by atoms with Crippen LogP contribution >= 0.6 is 0 Å². The molecule has 2 heterocycles. The van der Waals surface area contributed by atoms with Crippen LogP contribution in [0.15, 0.2) is 12.4 Å². The summed E-state index contributed by atoms with van der Waals surface area (Å²) >= 11 is 0. The zero-order valence-corrected chi connectivity index (χ0v) is 14.3. The minimum Gasteiger partial charge on any atom is -0.339 e. The maximum Gasteiger partial charge on any atom is 0.419 e. The predicted molar refractivity (Wildman–Crippen MR) is 88.2 cm³/mol. The lowest BCUT2D eigenvalue weighted by atomic mass is 10.2. The van der Waals surface area contributed by atoms with Gasteiger partial charge in [-0.3, -0.25) is 4.79 Å². The zero-order valence-electron chi connectivity index (χ0n) is 14.3. The molecule has 1 aliphatic rings. The first-order valence-corrected chi connectivity index (χ1v) is 8.54. The van der Waals surface area contributed by atoms with Gasteiger partial charge in [0.1, 0.15) is 0 Å². The van der Waals surface area contributed by atoms with E-state index in [-0.39, 0.29) is 11.9 Å². The Balaban J connectivity index is 1.76. The highest BCUT2D eigenvalue weighted by molar-refractivity contribution is 5.76. The average Bonchev–Trinajstić information content (AvgIpc) is 2.61. The second-order valence-electron chi connectivity index (χ2n) is 5.99. The summed E-state index contributed by atoms with van der Waals surface area (Å²) in [4.78, 5) is 23.3. The van der Waals surface area contributed by atoms with Gasteiger partial charge in [-0.2, -0.15) is 13.2 Å². The van der Waals surface area contributed by atoms with Crippen LogP contribution < -0.4 is 10.2 Å². The van der Waals surface area contributed by atoms with Crippen molar-refractivity contribution in [3.63, 3.8) is 0 Å². The third kappa shape index (κ3) is 5.84. The van der Waals surface area contributed by atoms with Gasteiger partial charge in [0.2, 0.25) is 11.9 Å². The molecule has 0 unspecified atom stereocenters. The molecule has 9 heteroatoms. The molecule has 6 nitrogen and oxygen atoms in total. The molecule has 140 valence electrons. The van der Waals surface area contributed by atoms with Crippen molar-refractivity contribution in [1.82, 2.24) is 20.2 Å². The number of carbonyl (C=O) groups excluding carboxylic acids is 1. The lowest BCUT2D eigenvalue weighted by molar-refractivity contribution is -0.138. The van der Waals surface area contributed by atoms with Gasteiger partial charge >= 0.3 is 6.18 Å². The van der Waals surface area contributed by atoms with E-state index >= 15 is 0 Å². The Bertz CT molecular complexity index is 542. The number of rotatable bonds is 7. The second kappa shape index (κ2) is 8.98. The molecule has 0 aliphatic carbocycles. The van der Waals surface area contributed by atoms with Crippen molar-refractivity contribution in [2.24, 2.45) is 0 Å². The first kappa shape index (κ1) is 19.4. The first-order chi connectivity index (χ1) is 11.9. The van der Waals surface area contributed by atoms with E-state index in [9.17, 15) is 18.0 Å². The van der Waals surface area contributed by atoms with Crippen molar-refractivity contribution in [3.05, 3.63) is 18.0 Å². The highest BCUT2D eigenvalue weighted by Crippen LogP contribution is 2.28. The Morgan fingerprint density at radius 1 is 1.16 bits per heavy atom. The lowest BCUT2D eigenvalue weighted by Crippen LogP contribution is -2.49. The quantitative estimate of drug-likeness (QED) is 0.754. The summed E-state index contributed by atoms with van der Waals surface area (Å²) in [7, 11) is 0. The summed E-state index contributed by atoms with van der Waals surface area (Å²) in [6, 6.07) is 0. The van der Waals surface area contributed by atoms with Gasteiger partial charge in [0.05, 0.1) is 5.56 Å². The Morgan fingerprint density at radius 3 is 2.36 bits per heavy atom. The number of halogens is 3. The van der Waals surface area contributed by atoms with E-state index in [1.807, 2.05) is 0 Å². The highest BCUT2D eigenvalue weighted by Gasteiger charge is 2.32. The second-order valence-corrected chi connectivity index (χ2v) is 5.99. The van der Waals surface area contributed by atoms with Crippen molar-refractivity contribution >= 4 is 11.9 Å². The minimum absolute atomic E-state index is 0.117. The van der Waals surface area contributed by atoms with E-state index in [0.29, 0.717) is 32.6 Å². The summed E-state index contributed by atoms with van der Waals surface area (Å²) in [5.41, 5.74) is -0.859. The van der Waals surface area contributed by atoms with Gasteiger partial charge in [0.15, 0.2) is 0 Å². The molecule has 2 rings (SSSR count). The van der Waals surface area contributed by atoms with Gasteiger partial charge in [0, 0.05) is 45.0 Å². The fraction of sp³-hybridized carbons (Fsp3) is 0.688. The Kier molecular flexibility index (Phi) is 6.98. The third-order valence-electron chi connectivity index (χ3n) is 4.05. The van der Waals surface area contributed by atoms with Gasteiger partial charge < -0.3 is 15.1 Å². The van der Waals surface area contributed by atoms with Crippen molar-refractivity contribution in [2.45, 2.75) is 32.4 Å². The fourth-order valence-corrected chi connectivity index (χ4v) is 2.61. The summed E-state index contributed by atoms with van der Waals surface area (Å²) < 4.78 is 37.6. The number of piperazine rings is 1. The minimum atomic E-state index is -4.43. The number of nitrogens with one attached hydrogen (secondary N) is 1. The van der Waals surface area contributed by atoms with Crippen LogP contribution in [0.25, 0.3) is 0 Å². The standard InChI is InChI=1S/C16H24F3N5O/c1-2-5-20-6-3-4-14(25)23-7-9-24(10-8-23)15-21-11-13(12-22-15)16(17,18)19/h11-12,20H,2-10H2,1H3. The molecule has 1 aliphatic heterocycles. The van der Waals surface area contributed by atoms with E-state index in [2.05, 4.69) is 22.2 Å². The molecular formula is C16H24F3N5O. The van der Waals surface area contributed by atoms with Gasteiger partial charge in [-0.1, -0.05) is 6.92 Å². The molecule has 1 amide bonds. The Morgan fingerprint density at radius 2 is 1.80 bits per heavy atom. The lowest BCUT2D eigenvalue weighted by Gasteiger charge is -2.34. The summed E-state index contributed by atoms with van der Waals surface area (Å²) in [6.45, 7) is 5.99.